The van der Waals surface area contributed by atoms with Crippen molar-refractivity contribution < 1.29 is 14.7 Å². The monoisotopic (exact) mass is 263 g/mol. The summed E-state index contributed by atoms with van der Waals surface area (Å²) in [5.74, 6) is -1.27. The molecule has 1 heterocycles. The van der Waals surface area contributed by atoms with E-state index in [9.17, 15) is 9.59 Å². The Balaban J connectivity index is 1.94. The largest absolute Gasteiger partial charge is 0.478 e. The van der Waals surface area contributed by atoms with E-state index >= 15 is 0 Å². The van der Waals surface area contributed by atoms with Gasteiger partial charge in [0, 0.05) is 11.9 Å². The molecule has 6 nitrogen and oxygen atoms in total. The number of carbonyl (C=O) groups is 2. The normalized spacial score (nSPS) is 10.0. The summed E-state index contributed by atoms with van der Waals surface area (Å²) in [5, 5.41) is 16.6. The molecule has 1 aromatic heterocycles. The summed E-state index contributed by atoms with van der Waals surface area (Å²) in [6, 6.07) is 6.30. The minimum absolute atomic E-state index is 0.216. The van der Waals surface area contributed by atoms with Gasteiger partial charge in [-0.1, -0.05) is 16.6 Å². The Hall–Kier alpha value is -2.28. The molecular weight excluding hydrogens is 254 g/mol. The molecule has 0 unspecified atom stereocenters. The maximum Gasteiger partial charge on any atom is 0.335 e. The van der Waals surface area contributed by atoms with Gasteiger partial charge in [-0.05, 0) is 29.2 Å². The highest BCUT2D eigenvalue weighted by Crippen LogP contribution is 2.05. The molecule has 2 rings (SSSR count). The first-order valence-corrected chi connectivity index (χ1v) is 5.88. The average molecular weight is 263 g/mol. The van der Waals surface area contributed by atoms with Gasteiger partial charge in [0.05, 0.1) is 5.56 Å². The van der Waals surface area contributed by atoms with E-state index in [1.165, 1.54) is 12.1 Å². The second-order valence-corrected chi connectivity index (χ2v) is 4.08. The minimum atomic E-state index is -0.973. The zero-order chi connectivity index (χ0) is 13.0. The van der Waals surface area contributed by atoms with Crippen LogP contribution >= 0.6 is 11.5 Å². The lowest BCUT2D eigenvalue weighted by Crippen LogP contribution is -2.23. The van der Waals surface area contributed by atoms with Gasteiger partial charge in [-0.3, -0.25) is 4.79 Å². The summed E-state index contributed by atoms with van der Waals surface area (Å²) >= 11 is 1.11. The molecule has 7 heteroatoms. The second-order valence-electron chi connectivity index (χ2n) is 3.47. The molecule has 1 aromatic carbocycles. The van der Waals surface area contributed by atoms with Crippen LogP contribution < -0.4 is 5.32 Å². The number of carbonyl (C=O) groups excluding carboxylic acids is 1. The lowest BCUT2D eigenvalue weighted by molar-refractivity contribution is 0.0696. The van der Waals surface area contributed by atoms with Crippen molar-refractivity contribution in [2.75, 3.05) is 0 Å². The van der Waals surface area contributed by atoms with Gasteiger partial charge in [-0.2, -0.15) is 0 Å². The van der Waals surface area contributed by atoms with Crippen molar-refractivity contribution in [2.24, 2.45) is 0 Å². The van der Waals surface area contributed by atoms with Crippen molar-refractivity contribution >= 4 is 23.4 Å². The summed E-state index contributed by atoms with van der Waals surface area (Å²) in [5.41, 5.74) is 1.31. The van der Waals surface area contributed by atoms with Crippen LogP contribution in [0.3, 0.4) is 0 Å². The number of nitrogens with one attached hydrogen (secondary N) is 1. The molecule has 0 aliphatic rings. The molecule has 0 spiro atoms. The summed E-state index contributed by atoms with van der Waals surface area (Å²) in [6.45, 7) is 0.316. The van der Waals surface area contributed by atoms with Crippen LogP contribution in [0.2, 0.25) is 0 Å². The predicted molar refractivity (Wildman–Crippen MR) is 64.5 cm³/mol. The highest BCUT2D eigenvalue weighted by Gasteiger charge is 2.08. The molecular formula is C11H9N3O3S. The Morgan fingerprint density at radius 3 is 2.56 bits per heavy atom. The minimum Gasteiger partial charge on any atom is -0.478 e. The van der Waals surface area contributed by atoms with Gasteiger partial charge in [-0.25, -0.2) is 4.79 Å². The van der Waals surface area contributed by atoms with Crippen LogP contribution in [0, 0.1) is 0 Å². The number of hydrogen-bond acceptors (Lipinski definition) is 5. The molecule has 1 amide bonds. The molecule has 0 fully saturated rings. The fourth-order valence-corrected chi connectivity index (χ4v) is 1.74. The van der Waals surface area contributed by atoms with E-state index in [1.54, 1.807) is 17.5 Å². The lowest BCUT2D eigenvalue weighted by Gasteiger charge is -2.03. The zero-order valence-electron chi connectivity index (χ0n) is 9.16. The molecule has 18 heavy (non-hydrogen) atoms. The third-order valence-corrected chi connectivity index (χ3v) is 2.75. The van der Waals surface area contributed by atoms with E-state index in [1.807, 2.05) is 0 Å². The molecule has 2 aromatic rings. The number of rotatable bonds is 4. The van der Waals surface area contributed by atoms with Crippen LogP contribution in [0.25, 0.3) is 0 Å². The summed E-state index contributed by atoms with van der Waals surface area (Å²) < 4.78 is 3.59. The zero-order valence-corrected chi connectivity index (χ0v) is 9.98. The fourth-order valence-electron chi connectivity index (χ4n) is 1.30. The van der Waals surface area contributed by atoms with E-state index in [0.717, 1.165) is 17.1 Å². The molecule has 92 valence electrons. The van der Waals surface area contributed by atoms with Crippen molar-refractivity contribution in [3.05, 3.63) is 46.5 Å². The predicted octanol–water partition coefficient (Wildman–Crippen LogP) is 1.17. The van der Waals surface area contributed by atoms with Crippen LogP contribution in [0.15, 0.2) is 29.6 Å². The lowest BCUT2D eigenvalue weighted by atomic mass is 10.1. The first-order chi connectivity index (χ1) is 8.66. The van der Waals surface area contributed by atoms with Gasteiger partial charge < -0.3 is 10.4 Å². The maximum absolute atomic E-state index is 11.6. The number of aromatic nitrogens is 2. The summed E-state index contributed by atoms with van der Waals surface area (Å²) in [6.07, 6.45) is 0. The van der Waals surface area contributed by atoms with Crippen molar-refractivity contribution in [1.29, 1.82) is 0 Å². The number of amides is 1. The van der Waals surface area contributed by atoms with Gasteiger partial charge in [0.25, 0.3) is 5.91 Å². The third kappa shape index (κ3) is 2.89. The summed E-state index contributed by atoms with van der Waals surface area (Å²) in [7, 11) is 0. The average Bonchev–Trinajstić information content (AvgIpc) is 2.90. The van der Waals surface area contributed by atoms with E-state index in [4.69, 9.17) is 5.11 Å². The summed E-state index contributed by atoms with van der Waals surface area (Å²) in [4.78, 5) is 22.2. The van der Waals surface area contributed by atoms with Gasteiger partial charge in [0.1, 0.15) is 0 Å². The second kappa shape index (κ2) is 5.37. The van der Waals surface area contributed by atoms with E-state index < -0.39 is 5.97 Å². The number of benzene rings is 1. The molecule has 2 N–H and O–H groups in total. The van der Waals surface area contributed by atoms with Gasteiger partial charge in [0.15, 0.2) is 5.69 Å². The van der Waals surface area contributed by atoms with Crippen molar-refractivity contribution in [3.8, 4) is 0 Å². The van der Waals surface area contributed by atoms with E-state index in [0.29, 0.717) is 6.54 Å². The van der Waals surface area contributed by atoms with Crippen LogP contribution in [-0.4, -0.2) is 26.6 Å². The SMILES string of the molecule is O=C(O)c1ccc(CNC(=O)c2csnn2)cc1. The highest BCUT2D eigenvalue weighted by atomic mass is 32.1. The molecule has 0 aliphatic carbocycles. The number of hydrogen-bond donors (Lipinski definition) is 2. The first kappa shape index (κ1) is 12.2. The van der Waals surface area contributed by atoms with Crippen LogP contribution in [-0.2, 0) is 6.54 Å². The molecule has 0 radical (unpaired) electrons. The van der Waals surface area contributed by atoms with Crippen LogP contribution in [0.1, 0.15) is 26.4 Å². The van der Waals surface area contributed by atoms with E-state index in [-0.39, 0.29) is 17.2 Å². The van der Waals surface area contributed by atoms with Crippen molar-refractivity contribution in [1.82, 2.24) is 14.9 Å². The molecule has 0 saturated heterocycles. The maximum atomic E-state index is 11.6. The Morgan fingerprint density at radius 2 is 2.00 bits per heavy atom. The Morgan fingerprint density at radius 1 is 1.28 bits per heavy atom. The Kier molecular flexibility index (Phi) is 3.63. The van der Waals surface area contributed by atoms with E-state index in [2.05, 4.69) is 14.9 Å². The fraction of sp³-hybridized carbons (Fsp3) is 0.0909. The Bertz CT molecular complexity index is 551. The van der Waals surface area contributed by atoms with Crippen molar-refractivity contribution in [3.63, 3.8) is 0 Å². The number of carboxylic acids is 1. The first-order valence-electron chi connectivity index (χ1n) is 5.04. The quantitative estimate of drug-likeness (QED) is 0.863. The molecule has 0 bridgehead atoms. The van der Waals surface area contributed by atoms with Gasteiger partial charge >= 0.3 is 5.97 Å². The smallest absolute Gasteiger partial charge is 0.335 e. The van der Waals surface area contributed by atoms with Gasteiger partial charge in [0.2, 0.25) is 0 Å². The van der Waals surface area contributed by atoms with Gasteiger partial charge in [-0.15, -0.1) is 5.10 Å². The number of aromatic carboxylic acids is 1. The molecule has 0 saturated carbocycles. The standard InChI is InChI=1S/C11H9N3O3S/c15-10(9-6-18-14-13-9)12-5-7-1-3-8(4-2-7)11(16)17/h1-4,6H,5H2,(H,12,15)(H,16,17). The Labute approximate surface area is 106 Å². The topological polar surface area (TPSA) is 92.2 Å². The van der Waals surface area contributed by atoms with Crippen LogP contribution in [0.5, 0.6) is 0 Å². The van der Waals surface area contributed by atoms with Crippen molar-refractivity contribution in [2.45, 2.75) is 6.54 Å². The number of carboxylic acid groups (broad SMARTS) is 1. The third-order valence-electron chi connectivity index (χ3n) is 2.25. The molecule has 0 atom stereocenters. The molecule has 0 aliphatic heterocycles. The number of nitrogens with zero attached hydrogens (tertiary/aromatic N) is 2. The highest BCUT2D eigenvalue weighted by molar-refractivity contribution is 7.03. The van der Waals surface area contributed by atoms with Crippen LogP contribution in [0.4, 0.5) is 0 Å².